The summed E-state index contributed by atoms with van der Waals surface area (Å²) in [6.07, 6.45) is 0. The first kappa shape index (κ1) is 12.3. The van der Waals surface area contributed by atoms with Crippen molar-refractivity contribution in [3.8, 4) is 0 Å². The third kappa shape index (κ3) is 2.76. The van der Waals surface area contributed by atoms with E-state index in [2.05, 4.69) is 35.9 Å². The normalized spacial score (nSPS) is 11.3. The largest absolute Gasteiger partial charge is 0.300 e. The molecule has 0 saturated carbocycles. The monoisotopic (exact) mass is 248 g/mol. The van der Waals surface area contributed by atoms with Crippen LogP contribution >= 0.6 is 11.6 Å². The number of rotatable bonds is 4. The van der Waals surface area contributed by atoms with Gasteiger partial charge in [-0.2, -0.15) is 0 Å². The molecular formula is C14H17ClN2. The van der Waals surface area contributed by atoms with Gasteiger partial charge in [0.2, 0.25) is 0 Å². The Hall–Kier alpha value is -1.12. The second-order valence-electron chi connectivity index (χ2n) is 4.09. The fourth-order valence-electron chi connectivity index (χ4n) is 1.94. The van der Waals surface area contributed by atoms with E-state index in [0.29, 0.717) is 5.15 Å². The second kappa shape index (κ2) is 5.48. The van der Waals surface area contributed by atoms with Gasteiger partial charge >= 0.3 is 0 Å². The number of benzene rings is 1. The Balaban J connectivity index is 2.37. The molecule has 0 spiro atoms. The van der Waals surface area contributed by atoms with Crippen LogP contribution in [0.4, 0.5) is 0 Å². The van der Waals surface area contributed by atoms with Crippen molar-refractivity contribution in [3.63, 3.8) is 0 Å². The molecule has 90 valence electrons. The van der Waals surface area contributed by atoms with E-state index in [1.54, 1.807) is 0 Å². The van der Waals surface area contributed by atoms with Crippen LogP contribution in [-0.2, 0) is 6.54 Å². The molecule has 0 N–H and O–H groups in total. The van der Waals surface area contributed by atoms with Gasteiger partial charge in [0.25, 0.3) is 0 Å². The number of fused-ring (bicyclic) bond motifs is 1. The van der Waals surface area contributed by atoms with Crippen LogP contribution in [0.2, 0.25) is 5.15 Å². The maximum absolute atomic E-state index is 6.22. The average molecular weight is 249 g/mol. The van der Waals surface area contributed by atoms with E-state index in [0.717, 1.165) is 36.1 Å². The first-order chi connectivity index (χ1) is 8.24. The molecule has 0 amide bonds. The standard InChI is InChI=1S/C14H17ClN2/c1-3-17(4-2)10-12-9-11-7-5-6-8-13(11)16-14(12)15/h5-9H,3-4,10H2,1-2H3. The maximum Gasteiger partial charge on any atom is 0.134 e. The van der Waals surface area contributed by atoms with Crippen molar-refractivity contribution in [2.24, 2.45) is 0 Å². The maximum atomic E-state index is 6.22. The number of halogens is 1. The minimum Gasteiger partial charge on any atom is -0.300 e. The summed E-state index contributed by atoms with van der Waals surface area (Å²) in [5.41, 5.74) is 2.06. The van der Waals surface area contributed by atoms with Crippen molar-refractivity contribution in [1.29, 1.82) is 0 Å². The van der Waals surface area contributed by atoms with Gasteiger partial charge in [-0.25, -0.2) is 4.98 Å². The van der Waals surface area contributed by atoms with Gasteiger partial charge in [-0.1, -0.05) is 43.6 Å². The molecule has 1 heterocycles. The van der Waals surface area contributed by atoms with Crippen LogP contribution in [0, 0.1) is 0 Å². The Kier molecular flexibility index (Phi) is 3.97. The van der Waals surface area contributed by atoms with Crippen LogP contribution in [0.25, 0.3) is 10.9 Å². The van der Waals surface area contributed by atoms with Crippen molar-refractivity contribution < 1.29 is 0 Å². The predicted molar refractivity (Wildman–Crippen MR) is 73.4 cm³/mol. The molecule has 0 aliphatic carbocycles. The van der Waals surface area contributed by atoms with Gasteiger partial charge < -0.3 is 0 Å². The fourth-order valence-corrected chi connectivity index (χ4v) is 2.14. The third-order valence-electron chi connectivity index (χ3n) is 3.04. The number of pyridine rings is 1. The van der Waals surface area contributed by atoms with Gasteiger partial charge in [0.05, 0.1) is 5.52 Å². The molecule has 17 heavy (non-hydrogen) atoms. The number of para-hydroxylation sites is 1. The molecule has 1 aromatic carbocycles. The van der Waals surface area contributed by atoms with Crippen LogP contribution in [0.15, 0.2) is 30.3 Å². The molecule has 0 fully saturated rings. The zero-order valence-corrected chi connectivity index (χ0v) is 11.0. The van der Waals surface area contributed by atoms with Gasteiger partial charge in [0.15, 0.2) is 0 Å². The SMILES string of the molecule is CCN(CC)Cc1cc2ccccc2nc1Cl. The molecule has 0 bridgehead atoms. The molecule has 3 heteroatoms. The summed E-state index contributed by atoms with van der Waals surface area (Å²) in [7, 11) is 0. The number of hydrogen-bond donors (Lipinski definition) is 0. The fraction of sp³-hybridized carbons (Fsp3) is 0.357. The lowest BCUT2D eigenvalue weighted by molar-refractivity contribution is 0.296. The highest BCUT2D eigenvalue weighted by molar-refractivity contribution is 6.30. The lowest BCUT2D eigenvalue weighted by Gasteiger charge is -2.18. The highest BCUT2D eigenvalue weighted by atomic mass is 35.5. The lowest BCUT2D eigenvalue weighted by Crippen LogP contribution is -2.22. The molecule has 0 aliphatic rings. The van der Waals surface area contributed by atoms with E-state index < -0.39 is 0 Å². The van der Waals surface area contributed by atoms with Gasteiger partial charge in [0, 0.05) is 17.5 Å². The van der Waals surface area contributed by atoms with E-state index in [1.807, 2.05) is 18.2 Å². The van der Waals surface area contributed by atoms with Crippen molar-refractivity contribution in [2.75, 3.05) is 13.1 Å². The number of aromatic nitrogens is 1. The molecular weight excluding hydrogens is 232 g/mol. The van der Waals surface area contributed by atoms with Gasteiger partial charge in [-0.3, -0.25) is 4.90 Å². The topological polar surface area (TPSA) is 16.1 Å². The molecule has 0 aliphatic heterocycles. The summed E-state index contributed by atoms with van der Waals surface area (Å²) in [5.74, 6) is 0. The molecule has 0 unspecified atom stereocenters. The summed E-state index contributed by atoms with van der Waals surface area (Å²) in [6.45, 7) is 7.24. The first-order valence-electron chi connectivity index (χ1n) is 6.01. The number of nitrogens with zero attached hydrogens (tertiary/aromatic N) is 2. The Morgan fingerprint density at radius 1 is 1.18 bits per heavy atom. The molecule has 0 radical (unpaired) electrons. The van der Waals surface area contributed by atoms with Gasteiger partial charge in [0.1, 0.15) is 5.15 Å². The summed E-state index contributed by atoms with van der Waals surface area (Å²) in [4.78, 5) is 6.77. The highest BCUT2D eigenvalue weighted by Gasteiger charge is 2.07. The molecule has 0 atom stereocenters. The van der Waals surface area contributed by atoms with Crippen LogP contribution in [0.3, 0.4) is 0 Å². The van der Waals surface area contributed by atoms with Crippen molar-refractivity contribution >= 4 is 22.5 Å². The van der Waals surface area contributed by atoms with Crippen molar-refractivity contribution in [1.82, 2.24) is 9.88 Å². The highest BCUT2D eigenvalue weighted by Crippen LogP contribution is 2.21. The zero-order valence-electron chi connectivity index (χ0n) is 10.3. The molecule has 2 rings (SSSR count). The summed E-state index contributed by atoms with van der Waals surface area (Å²) in [5, 5.41) is 1.77. The van der Waals surface area contributed by atoms with Crippen LogP contribution in [0.1, 0.15) is 19.4 Å². The zero-order chi connectivity index (χ0) is 12.3. The molecule has 0 saturated heterocycles. The minimum absolute atomic E-state index is 0.621. The van der Waals surface area contributed by atoms with Crippen LogP contribution in [0.5, 0.6) is 0 Å². The Morgan fingerprint density at radius 2 is 1.88 bits per heavy atom. The minimum atomic E-state index is 0.621. The Bertz CT molecular complexity index is 507. The second-order valence-corrected chi connectivity index (χ2v) is 4.45. The summed E-state index contributed by atoms with van der Waals surface area (Å²) < 4.78 is 0. The Labute approximate surface area is 107 Å². The summed E-state index contributed by atoms with van der Waals surface area (Å²) in [6, 6.07) is 10.2. The number of hydrogen-bond acceptors (Lipinski definition) is 2. The van der Waals surface area contributed by atoms with Crippen LogP contribution in [-0.4, -0.2) is 23.0 Å². The molecule has 1 aromatic heterocycles. The van der Waals surface area contributed by atoms with Crippen molar-refractivity contribution in [2.45, 2.75) is 20.4 Å². The van der Waals surface area contributed by atoms with Gasteiger partial charge in [-0.15, -0.1) is 0 Å². The van der Waals surface area contributed by atoms with E-state index in [-0.39, 0.29) is 0 Å². The van der Waals surface area contributed by atoms with E-state index >= 15 is 0 Å². The molecule has 2 aromatic rings. The van der Waals surface area contributed by atoms with Crippen molar-refractivity contribution in [3.05, 3.63) is 41.0 Å². The molecule has 2 nitrogen and oxygen atoms in total. The van der Waals surface area contributed by atoms with Gasteiger partial charge in [-0.05, 0) is 25.2 Å². The van der Waals surface area contributed by atoms with E-state index in [1.165, 1.54) is 0 Å². The predicted octanol–water partition coefficient (Wildman–Crippen LogP) is 3.73. The van der Waals surface area contributed by atoms with E-state index in [4.69, 9.17) is 11.6 Å². The average Bonchev–Trinajstić information content (AvgIpc) is 2.36. The first-order valence-corrected chi connectivity index (χ1v) is 6.39. The smallest absolute Gasteiger partial charge is 0.134 e. The quantitative estimate of drug-likeness (QED) is 0.767. The Morgan fingerprint density at radius 3 is 2.59 bits per heavy atom. The summed E-state index contributed by atoms with van der Waals surface area (Å²) >= 11 is 6.22. The van der Waals surface area contributed by atoms with E-state index in [9.17, 15) is 0 Å². The lowest BCUT2D eigenvalue weighted by atomic mass is 10.1. The third-order valence-corrected chi connectivity index (χ3v) is 3.37. The van der Waals surface area contributed by atoms with Crippen LogP contribution < -0.4 is 0 Å².